The number of furan rings is 1. The molecular weight excluding hydrogens is 349 g/mol. The van der Waals surface area contributed by atoms with Crippen LogP contribution >= 0.6 is 0 Å². The molecule has 6 N–H and O–H groups in total. The van der Waals surface area contributed by atoms with Crippen molar-refractivity contribution in [1.29, 1.82) is 0 Å². The lowest BCUT2D eigenvalue weighted by Crippen LogP contribution is -2.10. The van der Waals surface area contributed by atoms with Gasteiger partial charge < -0.3 is 21.6 Å². The Labute approximate surface area is 153 Å². The van der Waals surface area contributed by atoms with E-state index in [4.69, 9.17) is 21.6 Å². The Kier molecular flexibility index (Phi) is 4.11. The quantitative estimate of drug-likeness (QED) is 0.461. The number of anilines is 3. The molecule has 3 aromatic heterocycles. The molecule has 0 saturated carbocycles. The van der Waals surface area contributed by atoms with Crippen molar-refractivity contribution in [2.45, 2.75) is 19.3 Å². The number of hydrogen-bond donors (Lipinski definition) is 3. The second-order valence-corrected chi connectivity index (χ2v) is 6.19. The molecule has 0 aliphatic rings. The summed E-state index contributed by atoms with van der Waals surface area (Å²) in [6.07, 6.45) is 3.48. The van der Waals surface area contributed by atoms with Crippen LogP contribution in [0.25, 0.3) is 17.4 Å². The zero-order valence-electron chi connectivity index (χ0n) is 14.4. The van der Waals surface area contributed by atoms with E-state index in [0.717, 1.165) is 5.56 Å². The van der Waals surface area contributed by atoms with Gasteiger partial charge in [-0.15, -0.1) is 5.10 Å². The summed E-state index contributed by atoms with van der Waals surface area (Å²) in [6, 6.07) is 8.31. The van der Waals surface area contributed by atoms with E-state index in [1.807, 2.05) is 0 Å². The number of halogens is 1. The molecule has 0 saturated heterocycles. The highest BCUT2D eigenvalue weighted by Gasteiger charge is 2.16. The molecule has 0 amide bonds. The molecule has 4 rings (SSSR count). The number of nitrogens with two attached hydrogens (primary N) is 3. The van der Waals surface area contributed by atoms with Gasteiger partial charge in [0.1, 0.15) is 17.5 Å². The van der Waals surface area contributed by atoms with Crippen LogP contribution < -0.4 is 17.2 Å². The van der Waals surface area contributed by atoms with Gasteiger partial charge in [0.15, 0.2) is 5.76 Å². The van der Waals surface area contributed by atoms with Gasteiger partial charge in [-0.25, -0.2) is 4.39 Å². The van der Waals surface area contributed by atoms with Crippen molar-refractivity contribution in [2.75, 3.05) is 17.2 Å². The van der Waals surface area contributed by atoms with Crippen molar-refractivity contribution in [1.82, 2.24) is 19.6 Å². The predicted molar refractivity (Wildman–Crippen MR) is 100 cm³/mol. The smallest absolute Gasteiger partial charge is 0.256 e. The van der Waals surface area contributed by atoms with Crippen LogP contribution in [0.3, 0.4) is 0 Å². The molecule has 0 bridgehead atoms. The van der Waals surface area contributed by atoms with E-state index < -0.39 is 5.82 Å². The molecule has 0 spiro atoms. The Morgan fingerprint density at radius 2 is 1.93 bits per heavy atom. The molecule has 0 radical (unpaired) electrons. The predicted octanol–water partition coefficient (Wildman–Crippen LogP) is 2.45. The van der Waals surface area contributed by atoms with Crippen LogP contribution in [0.5, 0.6) is 0 Å². The zero-order chi connectivity index (χ0) is 19.0. The number of fused-ring (bicyclic) bond motifs is 1. The third-order valence-electron chi connectivity index (χ3n) is 4.36. The third kappa shape index (κ3) is 3.14. The van der Waals surface area contributed by atoms with Gasteiger partial charge in [-0.2, -0.15) is 14.5 Å². The summed E-state index contributed by atoms with van der Waals surface area (Å²) >= 11 is 0. The molecule has 0 atom stereocenters. The van der Waals surface area contributed by atoms with E-state index in [0.29, 0.717) is 53.8 Å². The standard InChI is InChI=1S/C18H18FN7O/c19-12-9-10(6-7-13(12)20)3-1-4-11-15(21)23-18-24-17(14-5-2-8-27-14)25-26(18)16(11)22/h2,5-9H,1,3-4,20,22H2,(H2,21,23,24,25). The lowest BCUT2D eigenvalue weighted by Gasteiger charge is -2.09. The Balaban J connectivity index is 1.57. The van der Waals surface area contributed by atoms with Crippen LogP contribution in [-0.4, -0.2) is 19.6 Å². The Morgan fingerprint density at radius 1 is 1.07 bits per heavy atom. The monoisotopic (exact) mass is 367 g/mol. The van der Waals surface area contributed by atoms with Crippen molar-refractivity contribution in [3.63, 3.8) is 0 Å². The molecule has 138 valence electrons. The first-order valence-electron chi connectivity index (χ1n) is 8.41. The van der Waals surface area contributed by atoms with E-state index in [2.05, 4.69) is 15.1 Å². The maximum absolute atomic E-state index is 13.5. The van der Waals surface area contributed by atoms with Crippen LogP contribution in [0.2, 0.25) is 0 Å². The fourth-order valence-corrected chi connectivity index (χ4v) is 2.93. The average molecular weight is 367 g/mol. The van der Waals surface area contributed by atoms with Gasteiger partial charge in [0.25, 0.3) is 5.78 Å². The SMILES string of the molecule is Nc1ccc(CCCc2c(N)nc3nc(-c4ccco4)nn3c2N)cc1F. The molecule has 3 heterocycles. The van der Waals surface area contributed by atoms with Crippen LogP contribution in [0.15, 0.2) is 41.0 Å². The maximum atomic E-state index is 13.5. The lowest BCUT2D eigenvalue weighted by molar-refractivity contribution is 0.577. The summed E-state index contributed by atoms with van der Waals surface area (Å²) in [6.45, 7) is 0. The minimum Gasteiger partial charge on any atom is -0.461 e. The van der Waals surface area contributed by atoms with Gasteiger partial charge in [-0.3, -0.25) is 0 Å². The number of benzene rings is 1. The van der Waals surface area contributed by atoms with E-state index >= 15 is 0 Å². The molecule has 0 fully saturated rings. The lowest BCUT2D eigenvalue weighted by atomic mass is 10.0. The molecule has 0 aliphatic heterocycles. The maximum Gasteiger partial charge on any atom is 0.256 e. The minimum absolute atomic E-state index is 0.139. The van der Waals surface area contributed by atoms with Gasteiger partial charge in [-0.05, 0) is 49.1 Å². The highest BCUT2D eigenvalue weighted by molar-refractivity contribution is 5.61. The van der Waals surface area contributed by atoms with Crippen LogP contribution in [-0.2, 0) is 12.8 Å². The van der Waals surface area contributed by atoms with Gasteiger partial charge in [0, 0.05) is 5.56 Å². The minimum atomic E-state index is -0.414. The number of nitrogen functional groups attached to an aromatic ring is 3. The molecule has 9 heteroatoms. The van der Waals surface area contributed by atoms with E-state index in [1.165, 1.54) is 16.8 Å². The normalized spacial score (nSPS) is 11.3. The number of hydrogen-bond acceptors (Lipinski definition) is 7. The van der Waals surface area contributed by atoms with E-state index in [1.54, 1.807) is 24.3 Å². The van der Waals surface area contributed by atoms with Crippen molar-refractivity contribution in [2.24, 2.45) is 0 Å². The highest BCUT2D eigenvalue weighted by Crippen LogP contribution is 2.24. The van der Waals surface area contributed by atoms with Crippen LogP contribution in [0, 0.1) is 5.82 Å². The third-order valence-corrected chi connectivity index (χ3v) is 4.36. The van der Waals surface area contributed by atoms with Gasteiger partial charge >= 0.3 is 0 Å². The number of aromatic nitrogens is 4. The first-order chi connectivity index (χ1) is 13.0. The average Bonchev–Trinajstić information content (AvgIpc) is 3.30. The molecule has 0 unspecified atom stereocenters. The first-order valence-corrected chi connectivity index (χ1v) is 8.41. The molecule has 8 nitrogen and oxygen atoms in total. The molecule has 4 aromatic rings. The fraction of sp³-hybridized carbons (Fsp3) is 0.167. The molecular formula is C18H18FN7O. The zero-order valence-corrected chi connectivity index (χ0v) is 14.4. The fourth-order valence-electron chi connectivity index (χ4n) is 2.93. The van der Waals surface area contributed by atoms with Crippen molar-refractivity contribution in [3.05, 3.63) is 53.5 Å². The van der Waals surface area contributed by atoms with Crippen molar-refractivity contribution in [3.8, 4) is 11.6 Å². The van der Waals surface area contributed by atoms with Crippen LogP contribution in [0.4, 0.5) is 21.7 Å². The Morgan fingerprint density at radius 3 is 2.67 bits per heavy atom. The van der Waals surface area contributed by atoms with Crippen molar-refractivity contribution < 1.29 is 8.81 Å². The first kappa shape index (κ1) is 16.8. The van der Waals surface area contributed by atoms with Crippen LogP contribution in [0.1, 0.15) is 17.5 Å². The number of rotatable bonds is 5. The Bertz CT molecular complexity index is 1100. The topological polar surface area (TPSA) is 134 Å². The summed E-state index contributed by atoms with van der Waals surface area (Å²) in [5, 5.41) is 4.35. The summed E-state index contributed by atoms with van der Waals surface area (Å²) < 4.78 is 20.3. The van der Waals surface area contributed by atoms with E-state index in [9.17, 15) is 4.39 Å². The summed E-state index contributed by atoms with van der Waals surface area (Å²) in [7, 11) is 0. The molecule has 1 aromatic carbocycles. The summed E-state index contributed by atoms with van der Waals surface area (Å²) in [5.74, 6) is 1.48. The summed E-state index contributed by atoms with van der Waals surface area (Å²) in [4.78, 5) is 8.58. The molecule has 0 aliphatic carbocycles. The summed E-state index contributed by atoms with van der Waals surface area (Å²) in [5.41, 5.74) is 19.5. The Hall–Kier alpha value is -3.62. The highest BCUT2D eigenvalue weighted by atomic mass is 19.1. The second kappa shape index (κ2) is 6.60. The number of aryl methyl sites for hydroxylation is 1. The molecule has 27 heavy (non-hydrogen) atoms. The number of nitrogens with zero attached hydrogens (tertiary/aromatic N) is 4. The second-order valence-electron chi connectivity index (χ2n) is 6.19. The van der Waals surface area contributed by atoms with E-state index in [-0.39, 0.29) is 5.69 Å². The van der Waals surface area contributed by atoms with Crippen molar-refractivity contribution >= 4 is 23.1 Å². The van der Waals surface area contributed by atoms with Gasteiger partial charge in [0.2, 0.25) is 5.82 Å². The van der Waals surface area contributed by atoms with Gasteiger partial charge in [-0.1, -0.05) is 6.07 Å². The largest absolute Gasteiger partial charge is 0.461 e. The van der Waals surface area contributed by atoms with Gasteiger partial charge in [0.05, 0.1) is 12.0 Å².